The van der Waals surface area contributed by atoms with Crippen molar-refractivity contribution in [2.75, 3.05) is 60.4 Å². The van der Waals surface area contributed by atoms with E-state index in [0.29, 0.717) is 0 Å². The van der Waals surface area contributed by atoms with E-state index in [0.717, 1.165) is 0 Å². The van der Waals surface area contributed by atoms with Crippen molar-refractivity contribution < 1.29 is 79.4 Å². The van der Waals surface area contributed by atoms with E-state index in [4.69, 9.17) is 0 Å². The van der Waals surface area contributed by atoms with E-state index in [-0.39, 0.29) is 37.5 Å². The van der Waals surface area contributed by atoms with Crippen molar-refractivity contribution in [1.29, 1.82) is 0 Å². The molecule has 0 aliphatic carbocycles. The minimum absolute atomic E-state index is 0. The number of carbonyl (C=O) groups excluding carboxylic acids is 2. The van der Waals surface area contributed by atoms with Crippen LogP contribution in [0.4, 0.5) is 50.4 Å². The zero-order valence-electron chi connectivity index (χ0n) is 22.5. The van der Waals surface area contributed by atoms with Gasteiger partial charge in [0.2, 0.25) is 0 Å². The molecular weight excluding hydrogens is 709 g/mol. The zero-order valence-corrected chi connectivity index (χ0v) is 26.0. The molecule has 0 amide bonds. The Kier molecular flexibility index (Phi) is 17.9. The van der Waals surface area contributed by atoms with Crippen molar-refractivity contribution in [3.63, 3.8) is 0 Å². The van der Waals surface area contributed by atoms with Gasteiger partial charge in [-0.3, -0.25) is 9.59 Å². The number of aromatic nitrogens is 2. The maximum absolute atomic E-state index is 10.7. The fourth-order valence-electron chi connectivity index (χ4n) is 2.04. The first-order chi connectivity index (χ1) is 16.6. The molecular formula is C18H35F12N5O2P2Ru+. The van der Waals surface area contributed by atoms with E-state index in [1.165, 1.54) is 53.1 Å². The number of Topliss-reactive ketones (excluding diaryl/α,β-unsaturated/α-hetero) is 2. The van der Waals surface area contributed by atoms with Crippen molar-refractivity contribution in [2.45, 2.75) is 20.3 Å². The molecule has 0 aromatic carbocycles. The van der Waals surface area contributed by atoms with Gasteiger partial charge in [-0.15, -0.1) is 0 Å². The van der Waals surface area contributed by atoms with Crippen LogP contribution in [0.3, 0.4) is 0 Å². The molecule has 1 aliphatic heterocycles. The van der Waals surface area contributed by atoms with Gasteiger partial charge in [0, 0.05) is 58.7 Å². The molecule has 22 heteroatoms. The number of imidazole rings is 1. The Bertz CT molecular complexity index is 771. The standard InChI is InChI=1S/C9H21N3.C5H8O2.C4H6N2.2F6P.Ru/c1-10-4-6-11(2)8-9-12(3)7-5-10;1-4(6)3-5(2)7;1-6-3-2-5-4-6;2*1-7(2,3,4,5)6;/h4-9H2,1-3H3;3H2,1-2H3;2-4H,1H3;;;/q;;;2*-1;+3. The Hall–Kier alpha value is -0.927. The first-order valence-electron chi connectivity index (χ1n) is 10.7. The molecule has 245 valence electrons. The molecule has 1 aromatic rings. The monoisotopic (exact) mass is 745 g/mol. The second-order valence-electron chi connectivity index (χ2n) is 8.64. The van der Waals surface area contributed by atoms with Gasteiger partial charge in [0.1, 0.15) is 11.6 Å². The summed E-state index contributed by atoms with van der Waals surface area (Å²) in [6.07, 6.45) is 5.47. The summed E-state index contributed by atoms with van der Waals surface area (Å²) in [6.45, 7) is 10.0. The van der Waals surface area contributed by atoms with E-state index in [1.807, 2.05) is 17.8 Å². The summed E-state index contributed by atoms with van der Waals surface area (Å²) in [5.41, 5.74) is 0. The Morgan fingerprint density at radius 3 is 0.925 bits per heavy atom. The topological polar surface area (TPSA) is 61.7 Å². The minimum atomic E-state index is -10.7. The molecule has 0 N–H and O–H groups in total. The van der Waals surface area contributed by atoms with Gasteiger partial charge in [0.25, 0.3) is 0 Å². The molecule has 1 fully saturated rings. The number of hydrogen-bond acceptors (Lipinski definition) is 6. The van der Waals surface area contributed by atoms with Gasteiger partial charge in [0.05, 0.1) is 12.7 Å². The zero-order chi connectivity index (χ0) is 32.1. The second-order valence-corrected chi connectivity index (χ2v) is 12.5. The largest absolute Gasteiger partial charge is 3.00 e. The van der Waals surface area contributed by atoms with E-state index < -0.39 is 15.6 Å². The predicted octanol–water partition coefficient (Wildman–Crippen LogP) is 7.53. The Morgan fingerprint density at radius 1 is 0.625 bits per heavy atom. The van der Waals surface area contributed by atoms with Crippen LogP contribution in [0.1, 0.15) is 20.3 Å². The molecule has 1 aliphatic rings. The molecule has 1 saturated heterocycles. The maximum Gasteiger partial charge on any atom is 3.00 e. The summed E-state index contributed by atoms with van der Waals surface area (Å²) in [7, 11) is -12.8. The number of nitrogens with zero attached hydrogens (tertiary/aromatic N) is 5. The van der Waals surface area contributed by atoms with Crippen molar-refractivity contribution in [3.05, 3.63) is 18.7 Å². The van der Waals surface area contributed by atoms with Gasteiger partial charge < -0.3 is 19.3 Å². The van der Waals surface area contributed by atoms with Crippen LogP contribution in [0.5, 0.6) is 0 Å². The van der Waals surface area contributed by atoms with E-state index in [9.17, 15) is 60.0 Å². The maximum atomic E-state index is 10.0. The fraction of sp³-hybridized carbons (Fsp3) is 0.722. The minimum Gasteiger partial charge on any atom is 3.00 e. The van der Waals surface area contributed by atoms with Gasteiger partial charge in [-0.05, 0) is 35.0 Å². The predicted molar refractivity (Wildman–Crippen MR) is 129 cm³/mol. The summed E-state index contributed by atoms with van der Waals surface area (Å²) in [5.74, 6) is -0.125. The average molecular weight is 745 g/mol. The molecule has 40 heavy (non-hydrogen) atoms. The Morgan fingerprint density at radius 2 is 0.850 bits per heavy atom. The van der Waals surface area contributed by atoms with Crippen LogP contribution in [0.15, 0.2) is 18.7 Å². The average Bonchev–Trinajstić information content (AvgIpc) is 3.09. The number of carbonyl (C=O) groups is 2. The normalized spacial score (nSPS) is 18.8. The van der Waals surface area contributed by atoms with Crippen molar-refractivity contribution in [2.24, 2.45) is 7.05 Å². The molecule has 0 saturated carbocycles. The molecule has 0 spiro atoms. The van der Waals surface area contributed by atoms with Crippen LogP contribution in [-0.4, -0.2) is 96.2 Å². The first-order valence-corrected chi connectivity index (χ1v) is 14.8. The van der Waals surface area contributed by atoms with E-state index in [2.05, 4.69) is 40.8 Å². The van der Waals surface area contributed by atoms with Crippen LogP contribution in [-0.2, 0) is 36.1 Å². The molecule has 1 aromatic heterocycles. The van der Waals surface area contributed by atoms with Gasteiger partial charge in [-0.1, -0.05) is 0 Å². The van der Waals surface area contributed by atoms with Gasteiger partial charge in [-0.25, -0.2) is 4.98 Å². The second kappa shape index (κ2) is 15.5. The quantitative estimate of drug-likeness (QED) is 0.135. The molecule has 0 bridgehead atoms. The molecule has 2 heterocycles. The molecule has 2 rings (SSSR count). The van der Waals surface area contributed by atoms with Gasteiger partial charge in [-0.2, -0.15) is 0 Å². The summed E-state index contributed by atoms with van der Waals surface area (Å²) >= 11 is 0. The van der Waals surface area contributed by atoms with Crippen LogP contribution >= 0.6 is 15.6 Å². The summed E-state index contributed by atoms with van der Waals surface area (Å²) < 4.78 is 120. The molecule has 0 unspecified atom stereocenters. The van der Waals surface area contributed by atoms with Crippen LogP contribution in [0, 0.1) is 0 Å². The number of hydrogen-bond donors (Lipinski definition) is 0. The van der Waals surface area contributed by atoms with Crippen molar-refractivity contribution in [1.82, 2.24) is 24.3 Å². The third-order valence-corrected chi connectivity index (χ3v) is 3.72. The third kappa shape index (κ3) is 76.7. The number of aryl methyl sites for hydroxylation is 1. The molecule has 0 atom stereocenters. The summed E-state index contributed by atoms with van der Waals surface area (Å²) in [6, 6.07) is 0. The number of halogens is 12. The third-order valence-electron chi connectivity index (χ3n) is 3.72. The number of ketones is 2. The SMILES string of the molecule is CC(=O)CC(C)=O.CN1CCN(C)CCN(C)CC1.Cn1ccnc1.F[P-](F)(F)(F)(F)F.F[P-](F)(F)(F)(F)F.[Ru+3]. The van der Waals surface area contributed by atoms with Gasteiger partial charge in [0.15, 0.2) is 0 Å². The smallest absolute Gasteiger partial charge is 3.00 e. The Balaban J connectivity index is -0.000000207. The fourth-order valence-corrected chi connectivity index (χ4v) is 2.04. The molecule has 1 radical (unpaired) electrons. The van der Waals surface area contributed by atoms with Crippen molar-refractivity contribution >= 4 is 27.2 Å². The van der Waals surface area contributed by atoms with Crippen LogP contribution in [0.25, 0.3) is 0 Å². The van der Waals surface area contributed by atoms with Crippen LogP contribution in [0.2, 0.25) is 0 Å². The van der Waals surface area contributed by atoms with E-state index in [1.54, 1.807) is 12.5 Å². The Labute approximate surface area is 237 Å². The first kappa shape index (κ1) is 46.0. The summed E-state index contributed by atoms with van der Waals surface area (Å²) in [5, 5.41) is 0. The number of likely N-dealkylation sites (N-methyl/N-ethyl adjacent to an activating group) is 3. The van der Waals surface area contributed by atoms with E-state index >= 15 is 0 Å². The molecule has 7 nitrogen and oxygen atoms in total. The van der Waals surface area contributed by atoms with Crippen LogP contribution < -0.4 is 0 Å². The summed E-state index contributed by atoms with van der Waals surface area (Å²) in [4.78, 5) is 31.1. The van der Waals surface area contributed by atoms with Gasteiger partial charge >= 0.3 is 85.5 Å². The number of rotatable bonds is 2. The van der Waals surface area contributed by atoms with Crippen molar-refractivity contribution in [3.8, 4) is 0 Å².